The van der Waals surface area contributed by atoms with Gasteiger partial charge < -0.3 is 19.9 Å². The van der Waals surface area contributed by atoms with Gasteiger partial charge in [-0.05, 0) is 39.0 Å². The lowest BCUT2D eigenvalue weighted by Gasteiger charge is -2.24. The Labute approximate surface area is 124 Å². The van der Waals surface area contributed by atoms with Gasteiger partial charge in [0, 0.05) is 11.1 Å². The van der Waals surface area contributed by atoms with Crippen LogP contribution in [0.2, 0.25) is 0 Å². The van der Waals surface area contributed by atoms with Crippen molar-refractivity contribution in [2.24, 2.45) is 0 Å². The Morgan fingerprint density at radius 2 is 1.95 bits per heavy atom. The molecule has 0 saturated carbocycles. The molecule has 1 rings (SSSR count). The fraction of sp³-hybridized carbons (Fsp3) is 0.467. The Morgan fingerprint density at radius 1 is 1.29 bits per heavy atom. The predicted octanol–water partition coefficient (Wildman–Crippen LogP) is 2.08. The number of ether oxygens (including phenoxy) is 2. The van der Waals surface area contributed by atoms with Gasteiger partial charge in [0.25, 0.3) is 5.91 Å². The van der Waals surface area contributed by atoms with E-state index in [1.165, 1.54) is 7.11 Å². The van der Waals surface area contributed by atoms with Gasteiger partial charge in [-0.25, -0.2) is 0 Å². The van der Waals surface area contributed by atoms with Crippen molar-refractivity contribution < 1.29 is 24.2 Å². The maximum Gasteiger partial charge on any atom is 0.305 e. The molecule has 0 aromatic heterocycles. The quantitative estimate of drug-likeness (QED) is 0.804. The summed E-state index contributed by atoms with van der Waals surface area (Å²) < 4.78 is 10.6. The third-order valence-electron chi connectivity index (χ3n) is 2.77. The molecule has 116 valence electrons. The zero-order valence-electron chi connectivity index (χ0n) is 12.7. The summed E-state index contributed by atoms with van der Waals surface area (Å²) in [6.45, 7) is 5.66. The van der Waals surface area contributed by atoms with E-state index in [0.717, 1.165) is 0 Å². The van der Waals surface area contributed by atoms with Crippen LogP contribution in [0, 0.1) is 0 Å². The maximum absolute atomic E-state index is 12.2. The number of hydrogen-bond acceptors (Lipinski definition) is 4. The average molecular weight is 295 g/mol. The van der Waals surface area contributed by atoms with E-state index in [4.69, 9.17) is 14.6 Å². The van der Waals surface area contributed by atoms with E-state index in [-0.39, 0.29) is 12.3 Å². The third-order valence-corrected chi connectivity index (χ3v) is 2.77. The molecule has 2 N–H and O–H groups in total. The number of carboxylic acid groups (broad SMARTS) is 1. The highest BCUT2D eigenvalue weighted by molar-refractivity contribution is 5.95. The number of hydrogen-bond donors (Lipinski definition) is 2. The Morgan fingerprint density at radius 3 is 2.48 bits per heavy atom. The zero-order valence-corrected chi connectivity index (χ0v) is 12.7. The average Bonchev–Trinajstić information content (AvgIpc) is 2.37. The molecule has 6 nitrogen and oxygen atoms in total. The summed E-state index contributed by atoms with van der Waals surface area (Å²) >= 11 is 0. The minimum atomic E-state index is -0.968. The number of benzene rings is 1. The van der Waals surface area contributed by atoms with Crippen LogP contribution in [0.4, 0.5) is 0 Å². The van der Waals surface area contributed by atoms with Gasteiger partial charge in [-0.1, -0.05) is 0 Å². The van der Waals surface area contributed by atoms with Gasteiger partial charge >= 0.3 is 5.97 Å². The molecule has 0 atom stereocenters. The van der Waals surface area contributed by atoms with Crippen molar-refractivity contribution in [3.05, 3.63) is 23.8 Å². The summed E-state index contributed by atoms with van der Waals surface area (Å²) in [5.41, 5.74) is -0.455. The van der Waals surface area contributed by atoms with E-state index in [1.807, 2.05) is 6.92 Å². The molecule has 6 heteroatoms. The normalized spacial score (nSPS) is 10.9. The topological polar surface area (TPSA) is 84.9 Å². The van der Waals surface area contributed by atoms with Crippen LogP contribution in [0.1, 0.15) is 37.6 Å². The van der Waals surface area contributed by atoms with Crippen molar-refractivity contribution in [2.45, 2.75) is 32.7 Å². The summed E-state index contributed by atoms with van der Waals surface area (Å²) in [6.07, 6.45) is -0.160. The van der Waals surface area contributed by atoms with Crippen LogP contribution in [-0.2, 0) is 4.79 Å². The first kappa shape index (κ1) is 16.8. The lowest BCUT2D eigenvalue weighted by atomic mass is 10.00. The second kappa shape index (κ2) is 6.97. The van der Waals surface area contributed by atoms with Crippen molar-refractivity contribution in [3.8, 4) is 11.5 Å². The number of methoxy groups -OCH3 is 1. The monoisotopic (exact) mass is 295 g/mol. The van der Waals surface area contributed by atoms with Gasteiger partial charge in [-0.15, -0.1) is 0 Å². The second-order valence-corrected chi connectivity index (χ2v) is 5.21. The van der Waals surface area contributed by atoms with Crippen LogP contribution in [0.3, 0.4) is 0 Å². The van der Waals surface area contributed by atoms with Crippen LogP contribution < -0.4 is 14.8 Å². The maximum atomic E-state index is 12.2. The molecule has 0 bridgehead atoms. The Kier molecular flexibility index (Phi) is 5.58. The smallest absolute Gasteiger partial charge is 0.305 e. The molecular weight excluding hydrogens is 274 g/mol. The van der Waals surface area contributed by atoms with Crippen LogP contribution in [0.5, 0.6) is 11.5 Å². The molecular formula is C15H21NO5. The van der Waals surface area contributed by atoms with Crippen LogP contribution in [0.15, 0.2) is 18.2 Å². The van der Waals surface area contributed by atoms with E-state index in [9.17, 15) is 9.59 Å². The number of nitrogens with one attached hydrogen (secondary N) is 1. The first-order valence-corrected chi connectivity index (χ1v) is 6.64. The number of aliphatic carboxylic acids is 1. The standard InChI is InChI=1S/C15H21NO5/c1-5-21-11-7-6-10(8-12(11)20-4)14(19)16-15(2,3)9-13(17)18/h6-8H,5,9H2,1-4H3,(H,16,19)(H,17,18). The van der Waals surface area contributed by atoms with E-state index >= 15 is 0 Å². The molecule has 21 heavy (non-hydrogen) atoms. The van der Waals surface area contributed by atoms with E-state index in [0.29, 0.717) is 23.7 Å². The summed E-state index contributed by atoms with van der Waals surface area (Å²) in [5.74, 6) is -0.311. The number of carboxylic acids is 1. The number of rotatable bonds is 7. The summed E-state index contributed by atoms with van der Waals surface area (Å²) in [7, 11) is 1.49. The van der Waals surface area contributed by atoms with Crippen molar-refractivity contribution >= 4 is 11.9 Å². The molecule has 0 aliphatic carbocycles. The first-order valence-electron chi connectivity index (χ1n) is 6.64. The molecule has 0 heterocycles. The molecule has 1 amide bonds. The summed E-state index contributed by atoms with van der Waals surface area (Å²) in [4.78, 5) is 22.9. The highest BCUT2D eigenvalue weighted by Gasteiger charge is 2.24. The fourth-order valence-corrected chi connectivity index (χ4v) is 1.89. The molecule has 0 radical (unpaired) electrons. The molecule has 0 saturated heterocycles. The lowest BCUT2D eigenvalue weighted by Crippen LogP contribution is -2.44. The van der Waals surface area contributed by atoms with Crippen molar-refractivity contribution in [1.29, 1.82) is 0 Å². The SMILES string of the molecule is CCOc1ccc(C(=O)NC(C)(C)CC(=O)O)cc1OC. The molecule has 1 aromatic carbocycles. The fourth-order valence-electron chi connectivity index (χ4n) is 1.89. The minimum Gasteiger partial charge on any atom is -0.493 e. The van der Waals surface area contributed by atoms with E-state index < -0.39 is 11.5 Å². The van der Waals surface area contributed by atoms with Crippen LogP contribution >= 0.6 is 0 Å². The molecule has 0 fully saturated rings. The van der Waals surface area contributed by atoms with Gasteiger partial charge in [0.15, 0.2) is 11.5 Å². The Hall–Kier alpha value is -2.24. The summed E-state index contributed by atoms with van der Waals surface area (Å²) in [6, 6.07) is 4.83. The Bertz CT molecular complexity index is 525. The number of amides is 1. The van der Waals surface area contributed by atoms with Crippen molar-refractivity contribution in [1.82, 2.24) is 5.32 Å². The molecule has 0 spiro atoms. The van der Waals surface area contributed by atoms with Crippen LogP contribution in [-0.4, -0.2) is 36.2 Å². The zero-order chi connectivity index (χ0) is 16.0. The molecule has 1 aromatic rings. The van der Waals surface area contributed by atoms with E-state index in [2.05, 4.69) is 5.32 Å². The van der Waals surface area contributed by atoms with Gasteiger partial charge in [0.05, 0.1) is 20.1 Å². The van der Waals surface area contributed by atoms with Crippen molar-refractivity contribution in [3.63, 3.8) is 0 Å². The van der Waals surface area contributed by atoms with Gasteiger partial charge in [-0.3, -0.25) is 9.59 Å². The van der Waals surface area contributed by atoms with Gasteiger partial charge in [0.2, 0.25) is 0 Å². The van der Waals surface area contributed by atoms with Crippen molar-refractivity contribution in [2.75, 3.05) is 13.7 Å². The summed E-state index contributed by atoms with van der Waals surface area (Å²) in [5, 5.41) is 11.5. The minimum absolute atomic E-state index is 0.160. The highest BCUT2D eigenvalue weighted by atomic mass is 16.5. The van der Waals surface area contributed by atoms with Gasteiger partial charge in [0.1, 0.15) is 0 Å². The lowest BCUT2D eigenvalue weighted by molar-refractivity contribution is -0.138. The third kappa shape index (κ3) is 4.98. The predicted molar refractivity (Wildman–Crippen MR) is 78.0 cm³/mol. The Balaban J connectivity index is 2.90. The van der Waals surface area contributed by atoms with E-state index in [1.54, 1.807) is 32.0 Å². The second-order valence-electron chi connectivity index (χ2n) is 5.21. The molecule has 0 aliphatic rings. The molecule has 0 aliphatic heterocycles. The first-order chi connectivity index (χ1) is 9.79. The largest absolute Gasteiger partial charge is 0.493 e. The number of carbonyl (C=O) groups is 2. The molecule has 0 unspecified atom stereocenters. The highest BCUT2D eigenvalue weighted by Crippen LogP contribution is 2.28. The van der Waals surface area contributed by atoms with Crippen LogP contribution in [0.25, 0.3) is 0 Å². The number of carbonyl (C=O) groups excluding carboxylic acids is 1. The van der Waals surface area contributed by atoms with Gasteiger partial charge in [-0.2, -0.15) is 0 Å².